The first-order chi connectivity index (χ1) is 10.9. The number of rotatable bonds is 3. The van der Waals surface area contributed by atoms with Crippen molar-refractivity contribution in [2.75, 3.05) is 6.61 Å². The molecule has 2 aliphatic carbocycles. The summed E-state index contributed by atoms with van der Waals surface area (Å²) in [6.07, 6.45) is 14.6. The molecule has 1 aliphatic heterocycles. The van der Waals surface area contributed by atoms with Crippen molar-refractivity contribution < 1.29 is 40.7 Å². The SMILES string of the molecule is C1CCCC1.[Fe+2].[Li+].c1ccc(C[C@H]2COC(C3[CH-]CCC3)=N2)cc1. The van der Waals surface area contributed by atoms with Crippen LogP contribution in [0.15, 0.2) is 35.3 Å². The molecule has 24 heavy (non-hydrogen) atoms. The summed E-state index contributed by atoms with van der Waals surface area (Å²) >= 11 is 0. The minimum absolute atomic E-state index is 0. The van der Waals surface area contributed by atoms with Gasteiger partial charge in [0.2, 0.25) is 0 Å². The van der Waals surface area contributed by atoms with E-state index in [9.17, 15) is 0 Å². The molecule has 2 atom stereocenters. The Morgan fingerprint density at radius 1 is 1.00 bits per heavy atom. The maximum absolute atomic E-state index is 5.74. The van der Waals surface area contributed by atoms with Gasteiger partial charge in [-0.2, -0.15) is 6.42 Å². The van der Waals surface area contributed by atoms with E-state index in [0.717, 1.165) is 18.9 Å². The Hall–Kier alpha value is -0.193. The number of ether oxygens (including phenoxy) is 1. The molecule has 0 saturated heterocycles. The number of nitrogens with zero attached hydrogens (tertiary/aromatic N) is 1. The van der Waals surface area contributed by atoms with Gasteiger partial charge in [0.15, 0.2) is 5.90 Å². The smallest absolute Gasteiger partial charge is 0.481 e. The monoisotopic (exact) mass is 361 g/mol. The van der Waals surface area contributed by atoms with Gasteiger partial charge in [0.25, 0.3) is 0 Å². The molecule has 4 heteroatoms. The zero-order valence-corrected chi connectivity index (χ0v) is 16.0. The molecule has 0 N–H and O–H groups in total. The molecule has 2 fully saturated rings. The van der Waals surface area contributed by atoms with Gasteiger partial charge >= 0.3 is 35.9 Å². The Bertz CT molecular complexity index is 462. The van der Waals surface area contributed by atoms with E-state index in [1.54, 1.807) is 0 Å². The van der Waals surface area contributed by atoms with Crippen LogP contribution in [0.2, 0.25) is 0 Å². The zero-order chi connectivity index (χ0) is 15.0. The molecule has 0 bridgehead atoms. The van der Waals surface area contributed by atoms with Crippen molar-refractivity contribution >= 4 is 5.90 Å². The Morgan fingerprint density at radius 2 is 1.67 bits per heavy atom. The second-order valence-corrected chi connectivity index (χ2v) is 6.66. The van der Waals surface area contributed by atoms with Gasteiger partial charge < -0.3 is 11.2 Å². The van der Waals surface area contributed by atoms with Crippen LogP contribution < -0.4 is 18.9 Å². The number of aliphatic imine (C=N–C) groups is 1. The molecule has 1 heterocycles. The molecule has 1 aromatic rings. The van der Waals surface area contributed by atoms with Crippen molar-refractivity contribution in [2.45, 2.75) is 63.8 Å². The molecule has 2 saturated carbocycles. The molecular formula is C20H28FeLiNO+2. The van der Waals surface area contributed by atoms with Crippen LogP contribution in [-0.2, 0) is 28.2 Å². The van der Waals surface area contributed by atoms with Crippen LogP contribution in [-0.4, -0.2) is 18.5 Å². The third kappa shape index (κ3) is 6.97. The predicted molar refractivity (Wildman–Crippen MR) is 92.0 cm³/mol. The first kappa shape index (κ1) is 21.8. The van der Waals surface area contributed by atoms with Gasteiger partial charge in [-0.1, -0.05) is 81.2 Å². The van der Waals surface area contributed by atoms with Crippen molar-refractivity contribution in [3.05, 3.63) is 42.3 Å². The average Bonchev–Trinajstić information content (AvgIpc) is 3.32. The zero-order valence-electron chi connectivity index (χ0n) is 14.9. The van der Waals surface area contributed by atoms with Gasteiger partial charge in [-0.3, -0.25) is 4.99 Å². The fraction of sp³-hybridized carbons (Fsp3) is 0.600. The van der Waals surface area contributed by atoms with E-state index in [-0.39, 0.29) is 35.9 Å². The molecule has 0 amide bonds. The van der Waals surface area contributed by atoms with Gasteiger partial charge in [0, 0.05) is 0 Å². The summed E-state index contributed by atoms with van der Waals surface area (Å²) in [5.41, 5.74) is 1.35. The third-order valence-electron chi connectivity index (χ3n) is 4.79. The Labute approximate surface area is 169 Å². The summed E-state index contributed by atoms with van der Waals surface area (Å²) in [6, 6.07) is 10.9. The van der Waals surface area contributed by atoms with Crippen LogP contribution in [0.3, 0.4) is 0 Å². The van der Waals surface area contributed by atoms with Crippen LogP contribution in [0.5, 0.6) is 0 Å². The molecule has 0 radical (unpaired) electrons. The van der Waals surface area contributed by atoms with Crippen LogP contribution in [0.1, 0.15) is 56.9 Å². The van der Waals surface area contributed by atoms with Crippen molar-refractivity contribution in [3.8, 4) is 0 Å². The fourth-order valence-corrected chi connectivity index (χ4v) is 3.51. The topological polar surface area (TPSA) is 21.6 Å². The summed E-state index contributed by atoms with van der Waals surface area (Å²) in [5, 5.41) is 0. The molecule has 3 aliphatic rings. The van der Waals surface area contributed by atoms with Gasteiger partial charge in [-0.25, -0.2) is 0 Å². The Kier molecular flexibility index (Phi) is 11.1. The van der Waals surface area contributed by atoms with Gasteiger partial charge in [-0.05, 0) is 12.0 Å². The standard InChI is InChI=1S/C15H18NO.C5H10.Fe.Li/c1-2-6-12(7-3-1)10-14-11-17-15(16-14)13-8-4-5-9-13;1-2-4-5-3-1;;/h1-3,6-8,13-14H,4-5,9-11H2;1-5H2;;/q-1;;+2;+1/t13?,14-;;;/m0.../s1. The molecule has 0 spiro atoms. The predicted octanol–water partition coefficient (Wildman–Crippen LogP) is 1.98. The third-order valence-corrected chi connectivity index (χ3v) is 4.79. The van der Waals surface area contributed by atoms with E-state index in [1.807, 2.05) is 0 Å². The van der Waals surface area contributed by atoms with Crippen LogP contribution >= 0.6 is 0 Å². The largest absolute Gasteiger partial charge is 2.00 e. The second kappa shape index (κ2) is 12.2. The first-order valence-electron chi connectivity index (χ1n) is 8.99. The van der Waals surface area contributed by atoms with Crippen LogP contribution in [0.4, 0.5) is 0 Å². The molecule has 1 unspecified atom stereocenters. The van der Waals surface area contributed by atoms with Gasteiger partial charge in [-0.15, -0.1) is 0 Å². The fourth-order valence-electron chi connectivity index (χ4n) is 3.51. The van der Waals surface area contributed by atoms with Crippen molar-refractivity contribution in [2.24, 2.45) is 10.9 Å². The van der Waals surface area contributed by atoms with Crippen molar-refractivity contribution in [1.29, 1.82) is 0 Å². The Morgan fingerprint density at radius 3 is 2.25 bits per heavy atom. The molecule has 0 aromatic heterocycles. The average molecular weight is 361 g/mol. The van der Waals surface area contributed by atoms with E-state index >= 15 is 0 Å². The first-order valence-corrected chi connectivity index (χ1v) is 8.99. The minimum Gasteiger partial charge on any atom is -0.481 e. The number of hydrogen-bond acceptors (Lipinski definition) is 2. The van der Waals surface area contributed by atoms with Gasteiger partial charge in [0.05, 0.1) is 6.04 Å². The molecule has 1 aromatic carbocycles. The van der Waals surface area contributed by atoms with Crippen LogP contribution in [0, 0.1) is 12.3 Å². The Balaban J connectivity index is 0.000000357. The normalized spacial score (nSPS) is 24.8. The van der Waals surface area contributed by atoms with E-state index in [4.69, 9.17) is 9.73 Å². The summed E-state index contributed by atoms with van der Waals surface area (Å²) in [6.45, 7) is 0.758. The summed E-state index contributed by atoms with van der Waals surface area (Å²) < 4.78 is 5.74. The van der Waals surface area contributed by atoms with E-state index < -0.39 is 0 Å². The van der Waals surface area contributed by atoms with Crippen molar-refractivity contribution in [1.82, 2.24) is 0 Å². The summed E-state index contributed by atoms with van der Waals surface area (Å²) in [7, 11) is 0. The van der Waals surface area contributed by atoms with E-state index in [0.29, 0.717) is 12.0 Å². The number of benzene rings is 1. The maximum atomic E-state index is 5.74. The van der Waals surface area contributed by atoms with E-state index in [1.165, 1.54) is 56.9 Å². The van der Waals surface area contributed by atoms with E-state index in [2.05, 4.69) is 36.8 Å². The maximum Gasteiger partial charge on any atom is 2.00 e. The summed E-state index contributed by atoms with van der Waals surface area (Å²) in [5.74, 6) is 1.49. The molecule has 126 valence electrons. The molecule has 2 nitrogen and oxygen atoms in total. The minimum atomic E-state index is 0. The quantitative estimate of drug-likeness (QED) is 0.596. The second-order valence-electron chi connectivity index (χ2n) is 6.66. The summed E-state index contributed by atoms with van der Waals surface area (Å²) in [4.78, 5) is 4.73. The van der Waals surface area contributed by atoms with Crippen LogP contribution in [0.25, 0.3) is 0 Å². The van der Waals surface area contributed by atoms with Crippen molar-refractivity contribution in [3.63, 3.8) is 0 Å². The number of hydrogen-bond donors (Lipinski definition) is 0. The molecule has 4 rings (SSSR count). The molecular weight excluding hydrogens is 333 g/mol. The van der Waals surface area contributed by atoms with Gasteiger partial charge in [0.1, 0.15) is 6.61 Å².